The number of aromatic nitrogens is 3. The Morgan fingerprint density at radius 1 is 0.875 bits per heavy atom. The van der Waals surface area contributed by atoms with Crippen LogP contribution in [0.4, 0.5) is 5.82 Å². The highest BCUT2D eigenvalue weighted by Gasteiger charge is 2.10. The van der Waals surface area contributed by atoms with Crippen molar-refractivity contribution in [2.24, 2.45) is 0 Å². The average molecular weight is 316 g/mol. The maximum atomic E-state index is 6.18. The summed E-state index contributed by atoms with van der Waals surface area (Å²) in [6.45, 7) is 0. The molecular formula is C19H16N4O. The lowest BCUT2D eigenvalue weighted by Crippen LogP contribution is -1.99. The molecule has 0 aliphatic carbocycles. The average Bonchev–Trinajstić information content (AvgIpc) is 3.07. The summed E-state index contributed by atoms with van der Waals surface area (Å²) in [5, 5.41) is 4.51. The van der Waals surface area contributed by atoms with Crippen LogP contribution in [0, 0.1) is 0 Å². The minimum absolute atomic E-state index is 0.549. The van der Waals surface area contributed by atoms with Crippen molar-refractivity contribution in [3.8, 4) is 28.3 Å². The number of anilines is 1. The zero-order valence-corrected chi connectivity index (χ0v) is 13.2. The van der Waals surface area contributed by atoms with Gasteiger partial charge < -0.3 is 10.5 Å². The van der Waals surface area contributed by atoms with Crippen LogP contribution < -0.4 is 10.5 Å². The molecule has 5 heteroatoms. The van der Waals surface area contributed by atoms with Gasteiger partial charge in [-0.2, -0.15) is 4.52 Å². The SMILES string of the molecule is COc1ccc(-c2cc(N)n3nc(-c4ccccc4)nc3c2)cc1. The van der Waals surface area contributed by atoms with Crippen LogP contribution in [0.3, 0.4) is 0 Å². The summed E-state index contributed by atoms with van der Waals surface area (Å²) in [6.07, 6.45) is 0. The van der Waals surface area contributed by atoms with Gasteiger partial charge in [-0.1, -0.05) is 42.5 Å². The molecule has 2 heterocycles. The maximum Gasteiger partial charge on any atom is 0.182 e. The number of nitrogens with zero attached hydrogens (tertiary/aromatic N) is 3. The van der Waals surface area contributed by atoms with Crippen LogP contribution in [0.25, 0.3) is 28.2 Å². The lowest BCUT2D eigenvalue weighted by atomic mass is 10.1. The molecule has 0 fully saturated rings. The van der Waals surface area contributed by atoms with Gasteiger partial charge in [0.1, 0.15) is 11.6 Å². The zero-order chi connectivity index (χ0) is 16.5. The van der Waals surface area contributed by atoms with Crippen LogP contribution in [0.5, 0.6) is 5.75 Å². The minimum atomic E-state index is 0.549. The Labute approximate surface area is 139 Å². The van der Waals surface area contributed by atoms with Gasteiger partial charge in [0.15, 0.2) is 11.5 Å². The molecule has 2 N–H and O–H groups in total. The fourth-order valence-electron chi connectivity index (χ4n) is 2.67. The molecule has 0 unspecified atom stereocenters. The van der Waals surface area contributed by atoms with E-state index >= 15 is 0 Å². The van der Waals surface area contributed by atoms with E-state index in [1.165, 1.54) is 0 Å². The lowest BCUT2D eigenvalue weighted by Gasteiger charge is -2.06. The Balaban J connectivity index is 1.81. The van der Waals surface area contributed by atoms with Gasteiger partial charge >= 0.3 is 0 Å². The number of methoxy groups -OCH3 is 1. The Bertz CT molecular complexity index is 991. The molecule has 24 heavy (non-hydrogen) atoms. The Hall–Kier alpha value is -3.34. The topological polar surface area (TPSA) is 65.4 Å². The van der Waals surface area contributed by atoms with Gasteiger partial charge in [-0.15, -0.1) is 5.10 Å². The maximum absolute atomic E-state index is 6.18. The van der Waals surface area contributed by atoms with Crippen molar-refractivity contribution in [1.82, 2.24) is 14.6 Å². The zero-order valence-electron chi connectivity index (χ0n) is 13.2. The molecule has 0 radical (unpaired) electrons. The van der Waals surface area contributed by atoms with Gasteiger partial charge in [0.05, 0.1) is 7.11 Å². The number of fused-ring (bicyclic) bond motifs is 1. The summed E-state index contributed by atoms with van der Waals surface area (Å²) >= 11 is 0. The van der Waals surface area contributed by atoms with E-state index in [4.69, 9.17) is 10.5 Å². The molecule has 2 aromatic heterocycles. The predicted octanol–water partition coefficient (Wildman–Crippen LogP) is 3.65. The molecule has 0 aliphatic heterocycles. The molecule has 5 nitrogen and oxygen atoms in total. The van der Waals surface area contributed by atoms with Crippen molar-refractivity contribution in [2.75, 3.05) is 12.8 Å². The van der Waals surface area contributed by atoms with Crippen molar-refractivity contribution in [3.63, 3.8) is 0 Å². The Morgan fingerprint density at radius 2 is 1.62 bits per heavy atom. The molecule has 0 amide bonds. The molecule has 4 rings (SSSR count). The number of hydrogen-bond acceptors (Lipinski definition) is 4. The predicted molar refractivity (Wildman–Crippen MR) is 94.8 cm³/mol. The molecule has 0 bridgehead atoms. The smallest absolute Gasteiger partial charge is 0.182 e. The number of ether oxygens (including phenoxy) is 1. The summed E-state index contributed by atoms with van der Waals surface area (Å²) in [6, 6.07) is 21.6. The molecule has 0 saturated carbocycles. The second-order valence-corrected chi connectivity index (χ2v) is 5.47. The third kappa shape index (κ3) is 2.46. The highest BCUT2D eigenvalue weighted by Crippen LogP contribution is 2.26. The first-order valence-electron chi connectivity index (χ1n) is 7.61. The second-order valence-electron chi connectivity index (χ2n) is 5.47. The number of pyridine rings is 1. The second kappa shape index (κ2) is 5.70. The summed E-state index contributed by atoms with van der Waals surface area (Å²) in [4.78, 5) is 4.61. The van der Waals surface area contributed by atoms with Gasteiger partial charge in [-0.3, -0.25) is 0 Å². The molecule has 118 valence electrons. The van der Waals surface area contributed by atoms with Crippen molar-refractivity contribution < 1.29 is 4.74 Å². The van der Waals surface area contributed by atoms with E-state index in [0.29, 0.717) is 11.6 Å². The highest BCUT2D eigenvalue weighted by molar-refractivity contribution is 5.72. The standard InChI is InChI=1S/C19H16N4O/c1-24-16-9-7-13(8-10-16)15-11-17(20)23-18(12-15)21-19(22-23)14-5-3-2-4-6-14/h2-12H,20H2,1H3. The van der Waals surface area contributed by atoms with Crippen molar-refractivity contribution in [3.05, 3.63) is 66.7 Å². The number of benzene rings is 2. The van der Waals surface area contributed by atoms with Gasteiger partial charge in [-0.25, -0.2) is 4.98 Å². The van der Waals surface area contributed by atoms with Crippen LogP contribution in [0.2, 0.25) is 0 Å². The molecule has 0 aliphatic rings. The van der Waals surface area contributed by atoms with Gasteiger partial charge in [-0.05, 0) is 35.4 Å². The first-order valence-corrected chi connectivity index (χ1v) is 7.61. The number of rotatable bonds is 3. The highest BCUT2D eigenvalue weighted by atomic mass is 16.5. The molecule has 0 spiro atoms. The molecule has 2 aromatic carbocycles. The van der Waals surface area contributed by atoms with E-state index in [0.717, 1.165) is 28.1 Å². The first-order chi connectivity index (χ1) is 11.7. The Morgan fingerprint density at radius 3 is 2.33 bits per heavy atom. The third-order valence-electron chi connectivity index (χ3n) is 3.92. The van der Waals surface area contributed by atoms with Crippen LogP contribution >= 0.6 is 0 Å². The van der Waals surface area contributed by atoms with E-state index in [1.807, 2.05) is 66.7 Å². The fourth-order valence-corrected chi connectivity index (χ4v) is 2.67. The largest absolute Gasteiger partial charge is 0.497 e. The quantitative estimate of drug-likeness (QED) is 0.626. The summed E-state index contributed by atoms with van der Waals surface area (Å²) in [7, 11) is 1.65. The van der Waals surface area contributed by atoms with Crippen LogP contribution in [-0.4, -0.2) is 21.7 Å². The Kier molecular flexibility index (Phi) is 3.39. The van der Waals surface area contributed by atoms with Gasteiger partial charge in [0.25, 0.3) is 0 Å². The lowest BCUT2D eigenvalue weighted by molar-refractivity contribution is 0.415. The third-order valence-corrected chi connectivity index (χ3v) is 3.92. The number of nitrogen functional groups attached to an aromatic ring is 1. The van der Waals surface area contributed by atoms with Crippen molar-refractivity contribution in [1.29, 1.82) is 0 Å². The molecular weight excluding hydrogens is 300 g/mol. The van der Waals surface area contributed by atoms with E-state index in [1.54, 1.807) is 11.6 Å². The number of hydrogen-bond donors (Lipinski definition) is 1. The van der Waals surface area contributed by atoms with Gasteiger partial charge in [0.2, 0.25) is 0 Å². The summed E-state index contributed by atoms with van der Waals surface area (Å²) < 4.78 is 6.86. The monoisotopic (exact) mass is 316 g/mol. The first kappa shape index (κ1) is 14.3. The van der Waals surface area contributed by atoms with Crippen molar-refractivity contribution >= 4 is 11.5 Å². The van der Waals surface area contributed by atoms with Crippen LogP contribution in [-0.2, 0) is 0 Å². The van der Waals surface area contributed by atoms with E-state index in [-0.39, 0.29) is 0 Å². The van der Waals surface area contributed by atoms with Crippen molar-refractivity contribution in [2.45, 2.75) is 0 Å². The number of nitrogens with two attached hydrogens (primary N) is 1. The van der Waals surface area contributed by atoms with E-state index < -0.39 is 0 Å². The van der Waals surface area contributed by atoms with E-state index in [2.05, 4.69) is 10.1 Å². The normalized spacial score (nSPS) is 10.9. The fraction of sp³-hybridized carbons (Fsp3) is 0.0526. The van der Waals surface area contributed by atoms with Gasteiger partial charge in [0, 0.05) is 5.56 Å². The summed E-state index contributed by atoms with van der Waals surface area (Å²) in [5.41, 5.74) is 9.91. The molecule has 0 saturated heterocycles. The van der Waals surface area contributed by atoms with E-state index in [9.17, 15) is 0 Å². The molecule has 0 atom stereocenters. The van der Waals surface area contributed by atoms with Crippen LogP contribution in [0.1, 0.15) is 0 Å². The van der Waals surface area contributed by atoms with Crippen LogP contribution in [0.15, 0.2) is 66.7 Å². The molecule has 4 aromatic rings. The minimum Gasteiger partial charge on any atom is -0.497 e. The summed E-state index contributed by atoms with van der Waals surface area (Å²) in [5.74, 6) is 2.03.